The number of nitrogen functional groups attached to an aromatic ring is 1. The first-order chi connectivity index (χ1) is 8.67. The van der Waals surface area contributed by atoms with Gasteiger partial charge in [-0.1, -0.05) is 26.7 Å². The Morgan fingerprint density at radius 3 is 2.44 bits per heavy atom. The van der Waals surface area contributed by atoms with Gasteiger partial charge in [0.1, 0.15) is 11.6 Å². The molecule has 1 aliphatic carbocycles. The number of aryl methyl sites for hydroxylation is 1. The van der Waals surface area contributed by atoms with E-state index in [1.54, 1.807) is 0 Å². The van der Waals surface area contributed by atoms with Gasteiger partial charge in [-0.15, -0.1) is 0 Å². The average Bonchev–Trinajstić information content (AvgIpc) is 2.67. The van der Waals surface area contributed by atoms with Crippen molar-refractivity contribution in [3.63, 3.8) is 0 Å². The molecule has 0 bridgehead atoms. The smallest absolute Gasteiger partial charge is 0.127 e. The third-order valence-electron chi connectivity index (χ3n) is 4.31. The predicted molar refractivity (Wildman–Crippen MR) is 76.7 cm³/mol. The Labute approximate surface area is 111 Å². The molecule has 0 saturated heterocycles. The largest absolute Gasteiger partial charge is 0.384 e. The van der Waals surface area contributed by atoms with Crippen LogP contribution in [0.5, 0.6) is 0 Å². The van der Waals surface area contributed by atoms with E-state index in [1.165, 1.54) is 37.2 Å². The SMILES string of the molecule is CCCc1nc(C2CCC(C)CC2)c(N)n1CC. The molecular formula is C15H27N3. The molecule has 0 radical (unpaired) electrons. The summed E-state index contributed by atoms with van der Waals surface area (Å²) < 4.78 is 2.21. The van der Waals surface area contributed by atoms with Crippen molar-refractivity contribution in [1.82, 2.24) is 9.55 Å². The van der Waals surface area contributed by atoms with Crippen LogP contribution in [-0.4, -0.2) is 9.55 Å². The summed E-state index contributed by atoms with van der Waals surface area (Å²) in [6.07, 6.45) is 7.35. The summed E-state index contributed by atoms with van der Waals surface area (Å²) in [5.74, 6) is 3.60. The molecule has 1 heterocycles. The van der Waals surface area contributed by atoms with Crippen LogP contribution in [0.4, 0.5) is 5.82 Å². The van der Waals surface area contributed by atoms with Crippen LogP contribution in [0.15, 0.2) is 0 Å². The van der Waals surface area contributed by atoms with Crippen LogP contribution >= 0.6 is 0 Å². The second kappa shape index (κ2) is 5.77. The van der Waals surface area contributed by atoms with Crippen LogP contribution in [0, 0.1) is 5.92 Å². The van der Waals surface area contributed by atoms with E-state index in [0.717, 1.165) is 31.1 Å². The maximum absolute atomic E-state index is 6.31. The molecule has 0 atom stereocenters. The fourth-order valence-corrected chi connectivity index (χ4v) is 3.14. The lowest BCUT2D eigenvalue weighted by atomic mass is 9.81. The zero-order valence-corrected chi connectivity index (χ0v) is 12.1. The highest BCUT2D eigenvalue weighted by molar-refractivity contribution is 5.41. The van der Waals surface area contributed by atoms with Crippen molar-refractivity contribution >= 4 is 5.82 Å². The molecule has 0 aliphatic heterocycles. The van der Waals surface area contributed by atoms with E-state index in [1.807, 2.05) is 0 Å². The summed E-state index contributed by atoms with van der Waals surface area (Å²) in [6.45, 7) is 7.65. The molecule has 0 spiro atoms. The van der Waals surface area contributed by atoms with Gasteiger partial charge in [-0.05, 0) is 32.1 Å². The van der Waals surface area contributed by atoms with Crippen molar-refractivity contribution in [2.24, 2.45) is 5.92 Å². The molecule has 0 aromatic carbocycles. The summed E-state index contributed by atoms with van der Waals surface area (Å²) in [7, 11) is 0. The number of hydrogen-bond donors (Lipinski definition) is 1. The zero-order chi connectivity index (χ0) is 13.1. The van der Waals surface area contributed by atoms with Gasteiger partial charge < -0.3 is 10.3 Å². The van der Waals surface area contributed by atoms with Crippen molar-refractivity contribution < 1.29 is 0 Å². The van der Waals surface area contributed by atoms with Gasteiger partial charge in [-0.25, -0.2) is 4.98 Å². The maximum atomic E-state index is 6.31. The van der Waals surface area contributed by atoms with E-state index in [-0.39, 0.29) is 0 Å². The van der Waals surface area contributed by atoms with Gasteiger partial charge in [-0.2, -0.15) is 0 Å². The molecule has 1 aliphatic rings. The Bertz CT molecular complexity index is 387. The number of anilines is 1. The first-order valence-electron chi connectivity index (χ1n) is 7.52. The molecule has 2 N–H and O–H groups in total. The van der Waals surface area contributed by atoms with Gasteiger partial charge in [0, 0.05) is 18.9 Å². The molecule has 1 fully saturated rings. The van der Waals surface area contributed by atoms with Crippen molar-refractivity contribution in [1.29, 1.82) is 0 Å². The van der Waals surface area contributed by atoms with E-state index < -0.39 is 0 Å². The molecule has 3 nitrogen and oxygen atoms in total. The van der Waals surface area contributed by atoms with E-state index in [9.17, 15) is 0 Å². The lowest BCUT2D eigenvalue weighted by Gasteiger charge is -2.25. The highest BCUT2D eigenvalue weighted by Gasteiger charge is 2.25. The number of nitrogens with zero attached hydrogens (tertiary/aromatic N) is 2. The monoisotopic (exact) mass is 249 g/mol. The Morgan fingerprint density at radius 1 is 1.22 bits per heavy atom. The number of rotatable bonds is 4. The van der Waals surface area contributed by atoms with Gasteiger partial charge in [0.05, 0.1) is 5.69 Å². The van der Waals surface area contributed by atoms with E-state index in [2.05, 4.69) is 25.3 Å². The highest BCUT2D eigenvalue weighted by Crippen LogP contribution is 2.37. The molecule has 2 rings (SSSR count). The van der Waals surface area contributed by atoms with Crippen LogP contribution in [-0.2, 0) is 13.0 Å². The molecule has 1 aromatic heterocycles. The van der Waals surface area contributed by atoms with Gasteiger partial charge in [0.2, 0.25) is 0 Å². The van der Waals surface area contributed by atoms with Crippen molar-refractivity contribution in [3.05, 3.63) is 11.5 Å². The van der Waals surface area contributed by atoms with Crippen LogP contribution in [0.2, 0.25) is 0 Å². The molecular weight excluding hydrogens is 222 g/mol. The summed E-state index contributed by atoms with van der Waals surface area (Å²) in [5, 5.41) is 0. The van der Waals surface area contributed by atoms with Crippen molar-refractivity contribution in [2.45, 2.75) is 71.8 Å². The van der Waals surface area contributed by atoms with Crippen LogP contribution in [0.3, 0.4) is 0 Å². The van der Waals surface area contributed by atoms with E-state index in [4.69, 9.17) is 10.7 Å². The number of hydrogen-bond acceptors (Lipinski definition) is 2. The van der Waals surface area contributed by atoms with Gasteiger partial charge in [0.15, 0.2) is 0 Å². The first kappa shape index (κ1) is 13.4. The Kier molecular flexibility index (Phi) is 4.31. The normalized spacial score (nSPS) is 24.4. The van der Waals surface area contributed by atoms with Crippen molar-refractivity contribution in [3.8, 4) is 0 Å². The molecule has 3 heteroatoms. The van der Waals surface area contributed by atoms with Crippen molar-refractivity contribution in [2.75, 3.05) is 5.73 Å². The zero-order valence-electron chi connectivity index (χ0n) is 12.1. The fraction of sp³-hybridized carbons (Fsp3) is 0.800. The second-order valence-corrected chi connectivity index (χ2v) is 5.75. The van der Waals surface area contributed by atoms with E-state index >= 15 is 0 Å². The summed E-state index contributed by atoms with van der Waals surface area (Å²) in [4.78, 5) is 4.86. The minimum Gasteiger partial charge on any atom is -0.384 e. The van der Waals surface area contributed by atoms with Gasteiger partial charge in [0.25, 0.3) is 0 Å². The third-order valence-corrected chi connectivity index (χ3v) is 4.31. The van der Waals surface area contributed by atoms with Gasteiger partial charge >= 0.3 is 0 Å². The molecule has 18 heavy (non-hydrogen) atoms. The predicted octanol–water partition coefficient (Wildman–Crippen LogP) is 3.73. The quantitative estimate of drug-likeness (QED) is 0.883. The van der Waals surface area contributed by atoms with Gasteiger partial charge in [-0.3, -0.25) is 0 Å². The standard InChI is InChI=1S/C15H27N3/c1-4-6-13-17-14(15(16)18(13)5-2)12-9-7-11(3)8-10-12/h11-12H,4-10,16H2,1-3H3. The Balaban J connectivity index is 2.22. The summed E-state index contributed by atoms with van der Waals surface area (Å²) in [5.41, 5.74) is 7.50. The maximum Gasteiger partial charge on any atom is 0.127 e. The molecule has 0 amide bonds. The lowest BCUT2D eigenvalue weighted by Crippen LogP contribution is -2.13. The first-order valence-corrected chi connectivity index (χ1v) is 7.52. The average molecular weight is 249 g/mol. The number of nitrogens with two attached hydrogens (primary N) is 1. The van der Waals surface area contributed by atoms with E-state index in [0.29, 0.717) is 5.92 Å². The molecule has 0 unspecified atom stereocenters. The Morgan fingerprint density at radius 2 is 1.89 bits per heavy atom. The number of aromatic nitrogens is 2. The fourth-order valence-electron chi connectivity index (χ4n) is 3.14. The molecule has 1 saturated carbocycles. The van der Waals surface area contributed by atoms with Crippen LogP contribution in [0.25, 0.3) is 0 Å². The van der Waals surface area contributed by atoms with Crippen LogP contribution in [0.1, 0.15) is 70.3 Å². The minimum atomic E-state index is 0.601. The highest BCUT2D eigenvalue weighted by atomic mass is 15.1. The molecule has 1 aromatic rings. The second-order valence-electron chi connectivity index (χ2n) is 5.75. The minimum absolute atomic E-state index is 0.601. The third kappa shape index (κ3) is 2.55. The number of imidazole rings is 1. The lowest BCUT2D eigenvalue weighted by molar-refractivity contribution is 0.345. The molecule has 102 valence electrons. The topological polar surface area (TPSA) is 43.8 Å². The van der Waals surface area contributed by atoms with Crippen LogP contribution < -0.4 is 5.73 Å². The summed E-state index contributed by atoms with van der Waals surface area (Å²) in [6, 6.07) is 0. The summed E-state index contributed by atoms with van der Waals surface area (Å²) >= 11 is 0. The Hall–Kier alpha value is -0.990.